The molecule has 0 spiro atoms. The summed E-state index contributed by atoms with van der Waals surface area (Å²) in [6.45, 7) is 0. The van der Waals surface area contributed by atoms with E-state index in [1.807, 2.05) is 0 Å². The van der Waals surface area contributed by atoms with E-state index in [0.29, 0.717) is 0 Å². The van der Waals surface area contributed by atoms with E-state index >= 15 is 0 Å². The highest BCUT2D eigenvalue weighted by Gasteiger charge is 2.11. The summed E-state index contributed by atoms with van der Waals surface area (Å²) in [5.41, 5.74) is 2.22. The van der Waals surface area contributed by atoms with Crippen molar-refractivity contribution in [1.29, 1.82) is 5.26 Å². The van der Waals surface area contributed by atoms with E-state index in [4.69, 9.17) is 14.4 Å². The lowest BCUT2D eigenvalue weighted by molar-refractivity contribution is 0.474. The fraction of sp³-hybridized carbons (Fsp3) is 0.125. The molecular weight excluding hydrogens is 454 g/mol. The highest BCUT2D eigenvalue weighted by Crippen LogP contribution is 2.28. The van der Waals surface area contributed by atoms with Crippen LogP contribution in [0.1, 0.15) is 11.1 Å². The summed E-state index contributed by atoms with van der Waals surface area (Å²) < 4.78 is 61.6. The van der Waals surface area contributed by atoms with E-state index in [-0.39, 0.29) is 34.0 Å². The molecule has 0 aromatic heterocycles. The average Bonchev–Trinajstić information content (AvgIpc) is 2.64. The number of anilines is 1. The number of nitrogens with zero attached hydrogens (tertiary/aromatic N) is 4. The second-order valence-corrected chi connectivity index (χ2v) is 8.89. The number of aromatic hydroxyl groups is 2. The quantitative estimate of drug-likeness (QED) is 0.0988. The van der Waals surface area contributed by atoms with Crippen LogP contribution < -0.4 is 5.43 Å². The third kappa shape index (κ3) is 7.98. The Morgan fingerprint density at radius 3 is 2.03 bits per heavy atom. The molecule has 2 aromatic rings. The van der Waals surface area contributed by atoms with Crippen molar-refractivity contribution in [3.8, 4) is 17.6 Å². The summed E-state index contributed by atoms with van der Waals surface area (Å²) in [6.07, 6.45) is 0. The normalized spacial score (nSPS) is 12.6. The number of hydrogen-bond acceptors (Lipinski definition) is 10. The summed E-state index contributed by atoms with van der Waals surface area (Å²) in [6, 6.07) is 8.63. The van der Waals surface area contributed by atoms with Gasteiger partial charge in [-0.2, -0.15) is 22.1 Å². The predicted octanol–water partition coefficient (Wildman–Crippen LogP) is 1.91. The number of azo groups is 1. The van der Waals surface area contributed by atoms with Crippen LogP contribution in [0.4, 0.5) is 11.4 Å². The van der Waals surface area contributed by atoms with Crippen LogP contribution in [0.2, 0.25) is 0 Å². The van der Waals surface area contributed by atoms with E-state index in [1.54, 1.807) is 6.07 Å². The van der Waals surface area contributed by atoms with Crippen LogP contribution in [0.5, 0.6) is 11.5 Å². The molecule has 0 saturated heterocycles. The minimum absolute atomic E-state index is 0.0953. The molecule has 0 fully saturated rings. The van der Waals surface area contributed by atoms with E-state index in [9.17, 15) is 27.0 Å². The summed E-state index contributed by atoms with van der Waals surface area (Å²) >= 11 is 0. The Morgan fingerprint density at radius 1 is 0.935 bits per heavy atom. The maximum Gasteiger partial charge on any atom is 0.270 e. The fourth-order valence-electron chi connectivity index (χ4n) is 2.21. The van der Waals surface area contributed by atoms with Gasteiger partial charge in [0.2, 0.25) is 0 Å². The van der Waals surface area contributed by atoms with Gasteiger partial charge in [0.25, 0.3) is 26.1 Å². The van der Waals surface area contributed by atoms with E-state index in [1.165, 1.54) is 18.2 Å². The second kappa shape index (κ2) is 9.49. The average molecular weight is 469 g/mol. The summed E-state index contributed by atoms with van der Waals surface area (Å²) in [5.74, 6) is -2.73. The molecule has 5 N–H and O–H groups in total. The molecular formula is C16H15N5O8S2. The molecule has 31 heavy (non-hydrogen) atoms. The Morgan fingerprint density at radius 2 is 1.48 bits per heavy atom. The maximum absolute atomic E-state index is 11.0. The molecule has 2 rings (SSSR count). The zero-order valence-corrected chi connectivity index (χ0v) is 17.0. The molecule has 0 aliphatic rings. The largest absolute Gasteiger partial charge is 0.506 e. The van der Waals surface area contributed by atoms with Crippen molar-refractivity contribution in [2.24, 2.45) is 15.3 Å². The van der Waals surface area contributed by atoms with Crippen LogP contribution in [-0.2, 0) is 31.7 Å². The number of amidine groups is 1. The lowest BCUT2D eigenvalue weighted by atomic mass is 10.2. The number of rotatable bonds is 7. The first-order chi connectivity index (χ1) is 14.4. The molecule has 0 radical (unpaired) electrons. The minimum atomic E-state index is -4.32. The molecule has 0 bridgehead atoms. The van der Waals surface area contributed by atoms with Gasteiger partial charge in [-0.15, -0.1) is 15.3 Å². The molecule has 0 atom stereocenters. The van der Waals surface area contributed by atoms with Crippen molar-refractivity contribution >= 4 is 37.4 Å². The van der Waals surface area contributed by atoms with Crippen LogP contribution in [-0.4, -0.2) is 42.0 Å². The first-order valence-corrected chi connectivity index (χ1v) is 11.3. The SMILES string of the molecule is N#CC(N=Nc1cc(CS(=O)(=O)O)ccc1O)=NNc1cc(CS(=O)(=O)O)ccc1O. The maximum atomic E-state index is 11.0. The van der Waals surface area contributed by atoms with Crippen LogP contribution >= 0.6 is 0 Å². The molecule has 0 saturated carbocycles. The molecule has 13 nitrogen and oxygen atoms in total. The number of benzene rings is 2. The Balaban J connectivity index is 2.24. The number of nitrogens with one attached hydrogen (secondary N) is 1. The molecule has 0 aliphatic heterocycles. The van der Waals surface area contributed by atoms with Gasteiger partial charge in [-0.1, -0.05) is 12.1 Å². The number of hydrogen-bond donors (Lipinski definition) is 5. The van der Waals surface area contributed by atoms with Gasteiger partial charge < -0.3 is 10.2 Å². The number of phenolic OH excluding ortho intramolecular Hbond substituents is 2. The van der Waals surface area contributed by atoms with Gasteiger partial charge in [0.15, 0.2) is 0 Å². The van der Waals surface area contributed by atoms with Crippen LogP contribution in [0.25, 0.3) is 0 Å². The lowest BCUT2D eigenvalue weighted by Gasteiger charge is -2.06. The third-order valence-corrected chi connectivity index (χ3v) is 4.83. The third-order valence-electron chi connectivity index (χ3n) is 3.43. The molecule has 0 aliphatic carbocycles. The topological polar surface area (TPSA) is 222 Å². The lowest BCUT2D eigenvalue weighted by Crippen LogP contribution is -2.02. The Labute approximate surface area is 176 Å². The van der Waals surface area contributed by atoms with E-state index < -0.39 is 37.6 Å². The van der Waals surface area contributed by atoms with Gasteiger partial charge in [0.1, 0.15) is 34.8 Å². The van der Waals surface area contributed by atoms with Crippen molar-refractivity contribution in [3.63, 3.8) is 0 Å². The fourth-order valence-corrected chi connectivity index (χ4v) is 3.41. The van der Waals surface area contributed by atoms with E-state index in [2.05, 4.69) is 20.8 Å². The Kier molecular flexibility index (Phi) is 7.25. The van der Waals surface area contributed by atoms with Crippen LogP contribution in [0, 0.1) is 11.3 Å². The molecule has 0 amide bonds. The van der Waals surface area contributed by atoms with Crippen molar-refractivity contribution < 1.29 is 36.2 Å². The van der Waals surface area contributed by atoms with Gasteiger partial charge in [0.05, 0.1) is 5.69 Å². The number of nitriles is 1. The van der Waals surface area contributed by atoms with Gasteiger partial charge >= 0.3 is 0 Å². The molecule has 0 unspecified atom stereocenters. The van der Waals surface area contributed by atoms with E-state index in [0.717, 1.165) is 18.2 Å². The van der Waals surface area contributed by atoms with Crippen molar-refractivity contribution in [1.82, 2.24) is 0 Å². The van der Waals surface area contributed by atoms with Crippen molar-refractivity contribution in [3.05, 3.63) is 47.5 Å². The highest BCUT2D eigenvalue weighted by atomic mass is 32.2. The zero-order chi connectivity index (χ0) is 23.2. The van der Waals surface area contributed by atoms with Crippen LogP contribution in [0.3, 0.4) is 0 Å². The standard InChI is InChI=1S/C16H15N5O8S2/c17-7-16(20-18-12-5-10(1-3-14(12)22)8-30(24,25)26)21-19-13-6-11(2-4-15(13)23)9-31(27,28)29/h1-6,18,22-23H,8-9H2,(H,24,25,26)(H,27,28,29). The predicted molar refractivity (Wildman–Crippen MR) is 108 cm³/mol. The first-order valence-electron chi connectivity index (χ1n) is 8.06. The second-order valence-electron chi connectivity index (χ2n) is 5.99. The van der Waals surface area contributed by atoms with Gasteiger partial charge in [-0.3, -0.25) is 14.5 Å². The first kappa shape index (κ1) is 23.7. The summed E-state index contributed by atoms with van der Waals surface area (Å²) in [4.78, 5) is 0. The zero-order valence-electron chi connectivity index (χ0n) is 15.4. The number of phenols is 2. The van der Waals surface area contributed by atoms with Gasteiger partial charge in [-0.05, 0) is 35.4 Å². The smallest absolute Gasteiger partial charge is 0.270 e. The molecule has 164 valence electrons. The monoisotopic (exact) mass is 469 g/mol. The highest BCUT2D eigenvalue weighted by molar-refractivity contribution is 7.85. The van der Waals surface area contributed by atoms with Gasteiger partial charge in [0, 0.05) is 0 Å². The molecule has 2 aromatic carbocycles. The van der Waals surface area contributed by atoms with Gasteiger partial charge in [-0.25, -0.2) is 0 Å². The Bertz CT molecular complexity index is 1300. The molecule has 15 heteroatoms. The number of hydrazone groups is 1. The van der Waals surface area contributed by atoms with Crippen molar-refractivity contribution in [2.75, 3.05) is 5.43 Å². The van der Waals surface area contributed by atoms with Crippen molar-refractivity contribution in [2.45, 2.75) is 11.5 Å². The minimum Gasteiger partial charge on any atom is -0.506 e. The summed E-state index contributed by atoms with van der Waals surface area (Å²) in [5, 5.41) is 39.4. The van der Waals surface area contributed by atoms with Crippen LogP contribution in [0.15, 0.2) is 51.7 Å². The molecule has 0 heterocycles. The Hall–Kier alpha value is -3.58. The summed E-state index contributed by atoms with van der Waals surface area (Å²) in [7, 11) is -8.63.